The summed E-state index contributed by atoms with van der Waals surface area (Å²) in [4.78, 5) is 11.1. The number of hydrogen-bond donors (Lipinski definition) is 3. The third-order valence-corrected chi connectivity index (χ3v) is 3.55. The van der Waals surface area contributed by atoms with Crippen LogP contribution in [0.1, 0.15) is 32.4 Å². The average molecular weight is 332 g/mol. The van der Waals surface area contributed by atoms with E-state index in [1.807, 2.05) is 20.8 Å². The van der Waals surface area contributed by atoms with Crippen LogP contribution in [0.4, 0.5) is 14.9 Å². The maximum absolute atomic E-state index is 13.0. The van der Waals surface area contributed by atoms with Gasteiger partial charge in [-0.1, -0.05) is 20.8 Å². The van der Waals surface area contributed by atoms with Crippen molar-refractivity contribution in [3.05, 3.63) is 53.8 Å². The summed E-state index contributed by atoms with van der Waals surface area (Å²) in [5, 5.41) is 11.6. The van der Waals surface area contributed by atoms with Crippen molar-refractivity contribution >= 4 is 11.8 Å². The van der Waals surface area contributed by atoms with E-state index >= 15 is 0 Å². The molecule has 1 amide bonds. The molecular formula is C18H21FN2O3. The van der Waals surface area contributed by atoms with Crippen molar-refractivity contribution in [3.8, 4) is 11.5 Å². The minimum atomic E-state index is -1.13. The van der Waals surface area contributed by atoms with Gasteiger partial charge >= 0.3 is 6.09 Å². The molecule has 0 bridgehead atoms. The predicted octanol–water partition coefficient (Wildman–Crippen LogP) is 4.56. The maximum atomic E-state index is 13.0. The van der Waals surface area contributed by atoms with Crippen LogP contribution in [0.5, 0.6) is 11.5 Å². The molecule has 2 aromatic rings. The Balaban J connectivity index is 2.35. The van der Waals surface area contributed by atoms with Crippen molar-refractivity contribution in [3.63, 3.8) is 0 Å². The highest BCUT2D eigenvalue weighted by atomic mass is 19.1. The van der Waals surface area contributed by atoms with Crippen molar-refractivity contribution in [1.82, 2.24) is 5.32 Å². The van der Waals surface area contributed by atoms with Gasteiger partial charge in [-0.05, 0) is 47.9 Å². The van der Waals surface area contributed by atoms with E-state index < -0.39 is 12.1 Å². The molecule has 0 aliphatic rings. The van der Waals surface area contributed by atoms with Crippen LogP contribution in [0.2, 0.25) is 0 Å². The first kappa shape index (κ1) is 17.6. The fourth-order valence-corrected chi connectivity index (χ4v) is 2.39. The van der Waals surface area contributed by atoms with Crippen LogP contribution in [-0.4, -0.2) is 11.2 Å². The zero-order chi connectivity index (χ0) is 17.9. The van der Waals surface area contributed by atoms with Crippen molar-refractivity contribution in [2.75, 3.05) is 5.73 Å². The molecule has 5 nitrogen and oxygen atoms in total. The van der Waals surface area contributed by atoms with E-state index in [1.54, 1.807) is 18.2 Å². The molecule has 2 rings (SSSR count). The van der Waals surface area contributed by atoms with Gasteiger partial charge in [0.25, 0.3) is 0 Å². The number of carboxylic acid groups (broad SMARTS) is 1. The molecule has 0 fully saturated rings. The molecule has 128 valence electrons. The van der Waals surface area contributed by atoms with Gasteiger partial charge in [0.05, 0.1) is 6.04 Å². The third kappa shape index (κ3) is 4.38. The lowest BCUT2D eigenvalue weighted by molar-refractivity contribution is 0.175. The lowest BCUT2D eigenvalue weighted by atomic mass is 9.81. The number of rotatable bonds is 4. The Hall–Kier alpha value is -2.76. The summed E-state index contributed by atoms with van der Waals surface area (Å²) in [6, 6.07) is 10.2. The molecule has 0 saturated heterocycles. The molecule has 0 spiro atoms. The van der Waals surface area contributed by atoms with Gasteiger partial charge in [0.1, 0.15) is 17.3 Å². The smallest absolute Gasteiger partial charge is 0.405 e. The first-order chi connectivity index (χ1) is 11.2. The molecule has 1 atom stereocenters. The zero-order valence-corrected chi connectivity index (χ0v) is 13.8. The minimum absolute atomic E-state index is 0.348. The molecule has 0 aliphatic carbocycles. The molecular weight excluding hydrogens is 311 g/mol. The topological polar surface area (TPSA) is 84.6 Å². The standard InChI is InChI=1S/C18H21FN2O3/c1-18(2,3)16(21-17(22)23)14-10-13(8-9-15(14)20)24-12-6-4-11(19)5-7-12/h4-10,16,21H,20H2,1-3H3,(H,22,23). The number of hydrogen-bond acceptors (Lipinski definition) is 3. The summed E-state index contributed by atoms with van der Waals surface area (Å²) in [7, 11) is 0. The number of amides is 1. The first-order valence-corrected chi connectivity index (χ1v) is 7.49. The number of nitrogens with one attached hydrogen (secondary N) is 1. The van der Waals surface area contributed by atoms with Gasteiger partial charge in [-0.2, -0.15) is 0 Å². The summed E-state index contributed by atoms with van der Waals surface area (Å²) >= 11 is 0. The van der Waals surface area contributed by atoms with Crippen molar-refractivity contribution in [2.45, 2.75) is 26.8 Å². The first-order valence-electron chi connectivity index (χ1n) is 7.49. The SMILES string of the molecule is CC(C)(C)C(NC(=O)O)c1cc(Oc2ccc(F)cc2)ccc1N. The third-order valence-electron chi connectivity index (χ3n) is 3.55. The van der Waals surface area contributed by atoms with E-state index in [9.17, 15) is 9.18 Å². The average Bonchev–Trinajstić information content (AvgIpc) is 2.48. The van der Waals surface area contributed by atoms with Crippen LogP contribution in [0, 0.1) is 11.2 Å². The molecule has 0 saturated carbocycles. The molecule has 0 heterocycles. The highest BCUT2D eigenvalue weighted by Crippen LogP contribution is 2.38. The lowest BCUT2D eigenvalue weighted by Gasteiger charge is -2.32. The quantitative estimate of drug-likeness (QED) is 0.717. The molecule has 1 unspecified atom stereocenters. The van der Waals surface area contributed by atoms with Gasteiger partial charge in [-0.3, -0.25) is 0 Å². The van der Waals surface area contributed by atoms with Gasteiger partial charge in [0, 0.05) is 11.3 Å². The molecule has 0 aliphatic heterocycles. The number of anilines is 1. The monoisotopic (exact) mass is 332 g/mol. The highest BCUT2D eigenvalue weighted by molar-refractivity contribution is 5.66. The van der Waals surface area contributed by atoms with E-state index in [4.69, 9.17) is 15.6 Å². The van der Waals surface area contributed by atoms with Gasteiger partial charge in [0.2, 0.25) is 0 Å². The van der Waals surface area contributed by atoms with E-state index in [0.29, 0.717) is 22.7 Å². The maximum Gasteiger partial charge on any atom is 0.405 e. The van der Waals surface area contributed by atoms with E-state index in [2.05, 4.69) is 5.32 Å². The number of halogens is 1. The van der Waals surface area contributed by atoms with Gasteiger partial charge in [-0.15, -0.1) is 0 Å². The minimum Gasteiger partial charge on any atom is -0.465 e. The largest absolute Gasteiger partial charge is 0.465 e. The molecule has 0 radical (unpaired) electrons. The summed E-state index contributed by atoms with van der Waals surface area (Å²) in [6.07, 6.45) is -1.13. The van der Waals surface area contributed by atoms with Crippen LogP contribution in [0.25, 0.3) is 0 Å². The van der Waals surface area contributed by atoms with Crippen molar-refractivity contribution in [1.29, 1.82) is 0 Å². The van der Waals surface area contributed by atoms with Crippen LogP contribution >= 0.6 is 0 Å². The Morgan fingerprint density at radius 3 is 2.29 bits per heavy atom. The second kappa shape index (κ2) is 6.78. The summed E-state index contributed by atoms with van der Waals surface area (Å²) < 4.78 is 18.7. The normalized spacial score (nSPS) is 12.5. The lowest BCUT2D eigenvalue weighted by Crippen LogP contribution is -2.36. The Bertz CT molecular complexity index is 724. The van der Waals surface area contributed by atoms with E-state index in [1.165, 1.54) is 24.3 Å². The second-order valence-electron chi connectivity index (χ2n) is 6.60. The van der Waals surface area contributed by atoms with E-state index in [-0.39, 0.29) is 11.2 Å². The Kier molecular flexibility index (Phi) is 4.97. The van der Waals surface area contributed by atoms with Crippen LogP contribution < -0.4 is 15.8 Å². The predicted molar refractivity (Wildman–Crippen MR) is 90.7 cm³/mol. The highest BCUT2D eigenvalue weighted by Gasteiger charge is 2.29. The fourth-order valence-electron chi connectivity index (χ4n) is 2.39. The van der Waals surface area contributed by atoms with Crippen LogP contribution in [0.15, 0.2) is 42.5 Å². The summed E-state index contributed by atoms with van der Waals surface area (Å²) in [5.41, 5.74) is 6.75. The van der Waals surface area contributed by atoms with Gasteiger partial charge in [0.15, 0.2) is 0 Å². The number of benzene rings is 2. The van der Waals surface area contributed by atoms with Crippen molar-refractivity contribution < 1.29 is 19.0 Å². The number of nitrogen functional groups attached to an aromatic ring is 1. The molecule has 0 aromatic heterocycles. The molecule has 2 aromatic carbocycles. The Morgan fingerprint density at radius 2 is 1.75 bits per heavy atom. The molecule has 6 heteroatoms. The van der Waals surface area contributed by atoms with Gasteiger partial charge < -0.3 is 20.9 Å². The van der Waals surface area contributed by atoms with E-state index in [0.717, 1.165) is 0 Å². The number of nitrogens with two attached hydrogens (primary N) is 1. The fraction of sp³-hybridized carbons (Fsp3) is 0.278. The summed E-state index contributed by atoms with van der Waals surface area (Å²) in [5.74, 6) is 0.622. The Morgan fingerprint density at radius 1 is 1.17 bits per heavy atom. The molecule has 24 heavy (non-hydrogen) atoms. The van der Waals surface area contributed by atoms with Crippen LogP contribution in [0.3, 0.4) is 0 Å². The van der Waals surface area contributed by atoms with Crippen molar-refractivity contribution in [2.24, 2.45) is 5.41 Å². The molecule has 4 N–H and O–H groups in total. The second-order valence-corrected chi connectivity index (χ2v) is 6.60. The van der Waals surface area contributed by atoms with Gasteiger partial charge in [-0.25, -0.2) is 9.18 Å². The Labute approximate surface area is 140 Å². The van der Waals surface area contributed by atoms with Crippen LogP contribution in [-0.2, 0) is 0 Å². The number of ether oxygens (including phenoxy) is 1. The number of carbonyl (C=O) groups is 1. The summed E-state index contributed by atoms with van der Waals surface area (Å²) in [6.45, 7) is 5.75. The zero-order valence-electron chi connectivity index (χ0n) is 13.8.